The zero-order valence-corrected chi connectivity index (χ0v) is 9.12. The van der Waals surface area contributed by atoms with Crippen molar-refractivity contribution in [3.05, 3.63) is 29.1 Å². The molecule has 3 heteroatoms. The maximum Gasteiger partial charge on any atom is 0.340 e. The van der Waals surface area contributed by atoms with Crippen LogP contribution in [0.5, 0.6) is 0 Å². The van der Waals surface area contributed by atoms with Crippen LogP contribution in [0.3, 0.4) is 0 Å². The molecule has 1 aromatic heterocycles. The van der Waals surface area contributed by atoms with Crippen LogP contribution in [0.2, 0.25) is 0 Å². The number of pyridine rings is 1. The van der Waals surface area contributed by atoms with Crippen molar-refractivity contribution >= 4 is 5.97 Å². The van der Waals surface area contributed by atoms with Crippen LogP contribution in [0.25, 0.3) is 0 Å². The van der Waals surface area contributed by atoms with E-state index in [-0.39, 0.29) is 11.9 Å². The summed E-state index contributed by atoms with van der Waals surface area (Å²) in [6.45, 7) is 4.56. The number of carbonyl (C=O) groups excluding carboxylic acids is 1. The largest absolute Gasteiger partial charge is 0.461 e. The van der Waals surface area contributed by atoms with Gasteiger partial charge in [-0.3, -0.25) is 4.98 Å². The van der Waals surface area contributed by atoms with Crippen LogP contribution < -0.4 is 0 Å². The number of nitrogens with zero attached hydrogens (tertiary/aromatic N) is 1. The SMILES string of the molecule is CCC[C@H]1COC(=O)c2ccc(C)nc21. The highest BCUT2D eigenvalue weighted by molar-refractivity contribution is 5.91. The number of hydrogen-bond donors (Lipinski definition) is 0. The molecule has 0 saturated carbocycles. The Kier molecular flexibility index (Phi) is 2.71. The van der Waals surface area contributed by atoms with E-state index in [1.807, 2.05) is 19.1 Å². The van der Waals surface area contributed by atoms with Gasteiger partial charge in [-0.1, -0.05) is 13.3 Å². The Labute approximate surface area is 89.5 Å². The summed E-state index contributed by atoms with van der Waals surface area (Å²) in [7, 11) is 0. The van der Waals surface area contributed by atoms with E-state index in [1.54, 1.807) is 0 Å². The van der Waals surface area contributed by atoms with Crippen LogP contribution in [-0.4, -0.2) is 17.6 Å². The monoisotopic (exact) mass is 205 g/mol. The molecule has 2 rings (SSSR count). The first-order chi connectivity index (χ1) is 7.22. The van der Waals surface area contributed by atoms with Gasteiger partial charge in [-0.15, -0.1) is 0 Å². The molecule has 15 heavy (non-hydrogen) atoms. The molecule has 0 N–H and O–H groups in total. The second kappa shape index (κ2) is 4.01. The van der Waals surface area contributed by atoms with E-state index in [1.165, 1.54) is 0 Å². The molecule has 1 aliphatic heterocycles. The number of cyclic esters (lactones) is 1. The summed E-state index contributed by atoms with van der Waals surface area (Å²) in [5.74, 6) is 0.0486. The molecule has 0 radical (unpaired) electrons. The maximum absolute atomic E-state index is 11.5. The molecule has 2 heterocycles. The Morgan fingerprint density at radius 3 is 3.07 bits per heavy atom. The van der Waals surface area contributed by atoms with Gasteiger partial charge in [-0.05, 0) is 25.5 Å². The number of rotatable bonds is 2. The fourth-order valence-corrected chi connectivity index (χ4v) is 1.96. The van der Waals surface area contributed by atoms with Gasteiger partial charge in [0.05, 0.1) is 11.3 Å². The molecule has 0 bridgehead atoms. The molecule has 0 saturated heterocycles. The second-order valence-electron chi connectivity index (χ2n) is 3.97. The van der Waals surface area contributed by atoms with Gasteiger partial charge in [0, 0.05) is 11.6 Å². The molecule has 0 unspecified atom stereocenters. The van der Waals surface area contributed by atoms with Crippen molar-refractivity contribution in [2.75, 3.05) is 6.61 Å². The highest BCUT2D eigenvalue weighted by Gasteiger charge is 2.27. The lowest BCUT2D eigenvalue weighted by molar-refractivity contribution is 0.0431. The Morgan fingerprint density at radius 2 is 2.33 bits per heavy atom. The van der Waals surface area contributed by atoms with Crippen LogP contribution >= 0.6 is 0 Å². The second-order valence-corrected chi connectivity index (χ2v) is 3.97. The number of esters is 1. The number of carbonyl (C=O) groups is 1. The smallest absolute Gasteiger partial charge is 0.340 e. The summed E-state index contributed by atoms with van der Waals surface area (Å²) in [4.78, 5) is 15.9. The van der Waals surface area contributed by atoms with Crippen molar-refractivity contribution in [2.24, 2.45) is 0 Å². The van der Waals surface area contributed by atoms with Gasteiger partial charge >= 0.3 is 5.97 Å². The minimum atomic E-state index is -0.232. The molecule has 1 aliphatic rings. The number of hydrogen-bond acceptors (Lipinski definition) is 3. The van der Waals surface area contributed by atoms with E-state index in [2.05, 4.69) is 11.9 Å². The van der Waals surface area contributed by atoms with Crippen LogP contribution in [0.4, 0.5) is 0 Å². The molecule has 0 aliphatic carbocycles. The lowest BCUT2D eigenvalue weighted by atomic mass is 9.94. The lowest BCUT2D eigenvalue weighted by Gasteiger charge is -2.23. The van der Waals surface area contributed by atoms with E-state index < -0.39 is 0 Å². The van der Waals surface area contributed by atoms with E-state index in [0.717, 1.165) is 24.2 Å². The molecule has 0 amide bonds. The number of aryl methyl sites for hydroxylation is 1. The topological polar surface area (TPSA) is 39.2 Å². The predicted octanol–water partition coefficient (Wildman–Crippen LogP) is 2.44. The predicted molar refractivity (Wildman–Crippen MR) is 56.9 cm³/mol. The molecule has 80 valence electrons. The number of aromatic nitrogens is 1. The van der Waals surface area contributed by atoms with Crippen molar-refractivity contribution in [1.29, 1.82) is 0 Å². The minimum absolute atomic E-state index is 0.232. The average Bonchev–Trinajstić information content (AvgIpc) is 2.22. The van der Waals surface area contributed by atoms with E-state index in [4.69, 9.17) is 4.74 Å². The molecule has 1 aromatic rings. The highest BCUT2D eigenvalue weighted by atomic mass is 16.5. The van der Waals surface area contributed by atoms with E-state index in [0.29, 0.717) is 12.2 Å². The van der Waals surface area contributed by atoms with Gasteiger partial charge in [0.15, 0.2) is 0 Å². The average molecular weight is 205 g/mol. The first-order valence-corrected chi connectivity index (χ1v) is 5.37. The summed E-state index contributed by atoms with van der Waals surface area (Å²) >= 11 is 0. The Morgan fingerprint density at radius 1 is 1.53 bits per heavy atom. The Hall–Kier alpha value is -1.38. The summed E-state index contributed by atoms with van der Waals surface area (Å²) in [6.07, 6.45) is 2.11. The van der Waals surface area contributed by atoms with Gasteiger partial charge in [0.1, 0.15) is 6.61 Å². The van der Waals surface area contributed by atoms with Gasteiger partial charge < -0.3 is 4.74 Å². The molecule has 1 atom stereocenters. The van der Waals surface area contributed by atoms with Gasteiger partial charge in [0.2, 0.25) is 0 Å². The van der Waals surface area contributed by atoms with Gasteiger partial charge in [-0.2, -0.15) is 0 Å². The Balaban J connectivity index is 2.42. The van der Waals surface area contributed by atoms with Crippen molar-refractivity contribution in [3.63, 3.8) is 0 Å². The maximum atomic E-state index is 11.5. The van der Waals surface area contributed by atoms with Crippen molar-refractivity contribution in [3.8, 4) is 0 Å². The molecule has 0 spiro atoms. The van der Waals surface area contributed by atoms with Gasteiger partial charge in [0.25, 0.3) is 0 Å². The quantitative estimate of drug-likeness (QED) is 0.696. The molecule has 0 aromatic carbocycles. The van der Waals surface area contributed by atoms with Crippen LogP contribution in [-0.2, 0) is 4.74 Å². The van der Waals surface area contributed by atoms with Crippen molar-refractivity contribution in [2.45, 2.75) is 32.6 Å². The summed E-state index contributed by atoms with van der Waals surface area (Å²) < 4.78 is 5.13. The van der Waals surface area contributed by atoms with Crippen molar-refractivity contribution in [1.82, 2.24) is 4.98 Å². The van der Waals surface area contributed by atoms with Crippen molar-refractivity contribution < 1.29 is 9.53 Å². The lowest BCUT2D eigenvalue weighted by Crippen LogP contribution is -2.24. The summed E-state index contributed by atoms with van der Waals surface area (Å²) in [5.41, 5.74) is 2.53. The fraction of sp³-hybridized carbons (Fsp3) is 0.500. The zero-order valence-electron chi connectivity index (χ0n) is 9.12. The fourth-order valence-electron chi connectivity index (χ4n) is 1.96. The highest BCUT2D eigenvalue weighted by Crippen LogP contribution is 2.28. The van der Waals surface area contributed by atoms with Gasteiger partial charge in [-0.25, -0.2) is 4.79 Å². The van der Waals surface area contributed by atoms with Crippen LogP contribution in [0, 0.1) is 6.92 Å². The standard InChI is InChI=1S/C12H15NO2/c1-3-4-9-7-15-12(14)10-6-5-8(2)13-11(9)10/h5-6,9H,3-4,7H2,1-2H3/t9-/m0/s1. The number of fused-ring (bicyclic) bond motifs is 1. The summed E-state index contributed by atoms with van der Waals surface area (Å²) in [6, 6.07) is 3.68. The first-order valence-electron chi connectivity index (χ1n) is 5.37. The third-order valence-corrected chi connectivity index (χ3v) is 2.72. The van der Waals surface area contributed by atoms with Crippen LogP contribution in [0.15, 0.2) is 12.1 Å². The molecule has 3 nitrogen and oxygen atoms in total. The number of ether oxygens (including phenoxy) is 1. The molecular weight excluding hydrogens is 190 g/mol. The third-order valence-electron chi connectivity index (χ3n) is 2.72. The van der Waals surface area contributed by atoms with E-state index in [9.17, 15) is 4.79 Å². The normalized spacial score (nSPS) is 19.6. The Bertz CT molecular complexity index is 387. The third kappa shape index (κ3) is 1.87. The van der Waals surface area contributed by atoms with Crippen LogP contribution in [0.1, 0.15) is 47.4 Å². The molecular formula is C12H15NO2. The minimum Gasteiger partial charge on any atom is -0.461 e. The summed E-state index contributed by atoms with van der Waals surface area (Å²) in [5, 5.41) is 0. The first kappa shape index (κ1) is 10.1. The zero-order chi connectivity index (χ0) is 10.8. The molecule has 0 fully saturated rings. The van der Waals surface area contributed by atoms with E-state index >= 15 is 0 Å².